The summed E-state index contributed by atoms with van der Waals surface area (Å²) in [5.41, 5.74) is 1.93. The first kappa shape index (κ1) is 23.6. The highest BCUT2D eigenvalue weighted by Crippen LogP contribution is 2.43. The predicted octanol–water partition coefficient (Wildman–Crippen LogP) is 6.32. The normalized spacial score (nSPS) is 14.0. The number of amides is 1. The maximum absolute atomic E-state index is 14.3. The molecule has 2 aliphatic heterocycles. The number of ether oxygens (including phenoxy) is 2. The van der Waals surface area contributed by atoms with E-state index in [9.17, 15) is 18.0 Å². The van der Waals surface area contributed by atoms with E-state index in [1.807, 2.05) is 0 Å². The van der Waals surface area contributed by atoms with Crippen LogP contribution in [0, 0.1) is 0 Å². The van der Waals surface area contributed by atoms with E-state index in [0.717, 1.165) is 11.8 Å². The number of alkyl halides is 3. The number of nitrogens with one attached hydrogen (secondary N) is 2. The number of halogens is 3. The van der Waals surface area contributed by atoms with Crippen molar-refractivity contribution in [1.29, 1.82) is 0 Å². The van der Waals surface area contributed by atoms with Crippen LogP contribution in [-0.4, -0.2) is 22.7 Å². The van der Waals surface area contributed by atoms with Gasteiger partial charge in [0, 0.05) is 41.4 Å². The molecule has 192 valence electrons. The van der Waals surface area contributed by atoms with Crippen molar-refractivity contribution >= 4 is 40.4 Å². The Balaban J connectivity index is 1.47. The lowest BCUT2D eigenvalue weighted by molar-refractivity contribution is -0.137. The average Bonchev–Trinajstić information content (AvgIpc) is 3.37. The summed E-state index contributed by atoms with van der Waals surface area (Å²) in [6.07, 6.45) is -3.18. The number of hydrogen-bond acceptors (Lipinski definition) is 7. The van der Waals surface area contributed by atoms with Gasteiger partial charge in [-0.1, -0.05) is 18.2 Å². The zero-order valence-corrected chi connectivity index (χ0v) is 19.7. The molecule has 0 saturated heterocycles. The molecule has 0 fully saturated rings. The summed E-state index contributed by atoms with van der Waals surface area (Å²) >= 11 is 0. The molecule has 0 atom stereocenters. The highest BCUT2D eigenvalue weighted by Gasteiger charge is 2.38. The van der Waals surface area contributed by atoms with Crippen molar-refractivity contribution in [2.75, 3.05) is 22.3 Å². The van der Waals surface area contributed by atoms with Gasteiger partial charge in [0.25, 0.3) is 0 Å². The van der Waals surface area contributed by atoms with Crippen molar-refractivity contribution in [3.05, 3.63) is 84.1 Å². The SMILES string of the molecule is O=C1CCc2cc(N(c3ccccc3)c3nc(Nc4ccc5c(c4)OCO5)ncc3C(F)(F)F)ccc2N1. The largest absolute Gasteiger partial charge is 0.454 e. The molecule has 8 nitrogen and oxygen atoms in total. The molecule has 3 aromatic carbocycles. The summed E-state index contributed by atoms with van der Waals surface area (Å²) in [5.74, 6) is 0.608. The fraction of sp³-hybridized carbons (Fsp3) is 0.148. The smallest absolute Gasteiger partial charge is 0.421 e. The van der Waals surface area contributed by atoms with Crippen molar-refractivity contribution in [3.8, 4) is 11.5 Å². The van der Waals surface area contributed by atoms with Gasteiger partial charge in [-0.2, -0.15) is 18.2 Å². The number of carbonyl (C=O) groups excluding carboxylic acids is 1. The number of anilines is 6. The van der Waals surface area contributed by atoms with Crippen LogP contribution < -0.4 is 25.0 Å². The monoisotopic (exact) mass is 519 g/mol. The third-order valence-corrected chi connectivity index (χ3v) is 6.17. The molecular formula is C27H20F3N5O3. The van der Waals surface area contributed by atoms with E-state index in [2.05, 4.69) is 20.6 Å². The zero-order valence-electron chi connectivity index (χ0n) is 19.7. The molecule has 6 rings (SSSR count). The predicted molar refractivity (Wildman–Crippen MR) is 135 cm³/mol. The maximum Gasteiger partial charge on any atom is 0.421 e. The lowest BCUT2D eigenvalue weighted by Gasteiger charge is -2.28. The molecular weight excluding hydrogens is 499 g/mol. The standard InChI is InChI=1S/C27H20F3N5O3/c28-27(29,30)20-14-31-26(32-17-7-10-22-23(13-17)38-15-37-22)34-25(20)35(18-4-2-1-3-5-18)19-8-9-21-16(12-19)6-11-24(36)33-21/h1-5,7-10,12-14H,6,11,15H2,(H,33,36)(H,31,32,34). The van der Waals surface area contributed by atoms with E-state index in [-0.39, 0.29) is 24.5 Å². The van der Waals surface area contributed by atoms with Gasteiger partial charge in [-0.05, 0) is 54.4 Å². The second-order valence-electron chi connectivity index (χ2n) is 8.68. The fourth-order valence-electron chi connectivity index (χ4n) is 4.39. The van der Waals surface area contributed by atoms with Gasteiger partial charge < -0.3 is 20.1 Å². The third kappa shape index (κ3) is 4.54. The Morgan fingerprint density at radius 2 is 1.74 bits per heavy atom. The molecule has 1 amide bonds. The maximum atomic E-state index is 14.3. The number of aryl methyl sites for hydroxylation is 1. The number of rotatable bonds is 5. The number of aromatic nitrogens is 2. The minimum Gasteiger partial charge on any atom is -0.454 e. The highest BCUT2D eigenvalue weighted by molar-refractivity contribution is 5.94. The summed E-state index contributed by atoms with van der Waals surface area (Å²) in [5, 5.41) is 5.77. The molecule has 0 bridgehead atoms. The van der Waals surface area contributed by atoms with Crippen molar-refractivity contribution < 1.29 is 27.4 Å². The Bertz CT molecular complexity index is 1530. The molecule has 2 aliphatic rings. The molecule has 0 saturated carbocycles. The number of nitrogens with zero attached hydrogens (tertiary/aromatic N) is 3. The van der Waals surface area contributed by atoms with E-state index < -0.39 is 11.7 Å². The summed E-state index contributed by atoms with van der Waals surface area (Å²) in [6, 6.07) is 18.8. The van der Waals surface area contributed by atoms with Gasteiger partial charge >= 0.3 is 6.18 Å². The molecule has 4 aromatic rings. The molecule has 0 radical (unpaired) electrons. The second kappa shape index (κ2) is 9.25. The molecule has 38 heavy (non-hydrogen) atoms. The van der Waals surface area contributed by atoms with Crippen LogP contribution in [0.3, 0.4) is 0 Å². The van der Waals surface area contributed by atoms with Crippen LogP contribution in [-0.2, 0) is 17.4 Å². The van der Waals surface area contributed by atoms with Crippen LogP contribution in [0.15, 0.2) is 72.9 Å². The van der Waals surface area contributed by atoms with Gasteiger partial charge in [0.15, 0.2) is 17.3 Å². The molecule has 11 heteroatoms. The number of benzene rings is 3. The van der Waals surface area contributed by atoms with Crippen molar-refractivity contribution in [3.63, 3.8) is 0 Å². The molecule has 2 N–H and O–H groups in total. The van der Waals surface area contributed by atoms with Crippen LogP contribution in [0.1, 0.15) is 17.5 Å². The van der Waals surface area contributed by atoms with Crippen LogP contribution in [0.5, 0.6) is 11.5 Å². The first-order chi connectivity index (χ1) is 18.3. The van der Waals surface area contributed by atoms with E-state index in [4.69, 9.17) is 9.47 Å². The first-order valence-corrected chi connectivity index (χ1v) is 11.7. The van der Waals surface area contributed by atoms with E-state index >= 15 is 0 Å². The summed E-state index contributed by atoms with van der Waals surface area (Å²) in [6.45, 7) is 0.0935. The van der Waals surface area contributed by atoms with Crippen LogP contribution in [0.4, 0.5) is 47.7 Å². The third-order valence-electron chi connectivity index (χ3n) is 6.17. The van der Waals surface area contributed by atoms with Crippen molar-refractivity contribution in [2.24, 2.45) is 0 Å². The summed E-state index contributed by atoms with van der Waals surface area (Å²) in [7, 11) is 0. The zero-order chi connectivity index (χ0) is 26.3. The Kier molecular flexibility index (Phi) is 5.74. The minimum absolute atomic E-state index is 0.0296. The Labute approximate surface area is 215 Å². The van der Waals surface area contributed by atoms with Gasteiger partial charge in [0.2, 0.25) is 18.6 Å². The van der Waals surface area contributed by atoms with Crippen LogP contribution in [0.25, 0.3) is 0 Å². The van der Waals surface area contributed by atoms with Crippen LogP contribution in [0.2, 0.25) is 0 Å². The molecule has 0 unspecified atom stereocenters. The van der Waals surface area contributed by atoms with Crippen LogP contribution >= 0.6 is 0 Å². The van der Waals surface area contributed by atoms with Gasteiger partial charge in [-0.15, -0.1) is 0 Å². The lowest BCUT2D eigenvalue weighted by Crippen LogP contribution is -2.21. The van der Waals surface area contributed by atoms with Gasteiger partial charge in [0.05, 0.1) is 0 Å². The summed E-state index contributed by atoms with van der Waals surface area (Å²) in [4.78, 5) is 21.5. The Morgan fingerprint density at radius 1 is 0.921 bits per heavy atom. The lowest BCUT2D eigenvalue weighted by atomic mass is 10.0. The molecule has 0 spiro atoms. The van der Waals surface area contributed by atoms with Gasteiger partial charge in [-0.3, -0.25) is 9.69 Å². The molecule has 1 aromatic heterocycles. The Morgan fingerprint density at radius 3 is 2.55 bits per heavy atom. The minimum atomic E-state index is -4.72. The van der Waals surface area contributed by atoms with E-state index in [1.165, 1.54) is 4.90 Å². The van der Waals surface area contributed by atoms with E-state index in [1.54, 1.807) is 66.7 Å². The van der Waals surface area contributed by atoms with Gasteiger partial charge in [0.1, 0.15) is 5.56 Å². The molecule has 3 heterocycles. The quantitative estimate of drug-likeness (QED) is 0.319. The fourth-order valence-corrected chi connectivity index (χ4v) is 4.39. The summed E-state index contributed by atoms with van der Waals surface area (Å²) < 4.78 is 53.5. The second-order valence-corrected chi connectivity index (χ2v) is 8.68. The number of hydrogen-bond donors (Lipinski definition) is 2. The average molecular weight is 519 g/mol. The number of para-hydroxylation sites is 1. The van der Waals surface area contributed by atoms with Crippen molar-refractivity contribution in [2.45, 2.75) is 19.0 Å². The van der Waals surface area contributed by atoms with Crippen molar-refractivity contribution in [1.82, 2.24) is 9.97 Å². The van der Waals surface area contributed by atoms with E-state index in [0.29, 0.717) is 47.1 Å². The number of fused-ring (bicyclic) bond motifs is 2. The first-order valence-electron chi connectivity index (χ1n) is 11.7. The topological polar surface area (TPSA) is 88.6 Å². The highest BCUT2D eigenvalue weighted by atomic mass is 19.4. The molecule has 0 aliphatic carbocycles. The number of carbonyl (C=O) groups is 1. The van der Waals surface area contributed by atoms with Gasteiger partial charge in [-0.25, -0.2) is 4.98 Å². The Hall–Kier alpha value is -4.80.